The maximum absolute atomic E-state index is 6.07. The summed E-state index contributed by atoms with van der Waals surface area (Å²) in [6.45, 7) is 2.00. The summed E-state index contributed by atoms with van der Waals surface area (Å²) in [4.78, 5) is 4.61. The SMILES string of the molecule is COc1ccc(-c2nc(C3CC3)n(N)c2N)cc1C. The third-order valence-corrected chi connectivity index (χ3v) is 3.59. The van der Waals surface area contributed by atoms with Crippen LogP contribution in [0.1, 0.15) is 30.1 Å². The van der Waals surface area contributed by atoms with Crippen molar-refractivity contribution in [3.05, 3.63) is 29.6 Å². The van der Waals surface area contributed by atoms with Gasteiger partial charge in [-0.3, -0.25) is 0 Å². The Kier molecular flexibility index (Phi) is 2.62. The molecule has 1 aliphatic rings. The number of methoxy groups -OCH3 is 1. The molecule has 19 heavy (non-hydrogen) atoms. The highest BCUT2D eigenvalue weighted by Crippen LogP contribution is 2.41. The van der Waals surface area contributed by atoms with E-state index in [2.05, 4.69) is 4.98 Å². The van der Waals surface area contributed by atoms with Gasteiger partial charge in [-0.15, -0.1) is 0 Å². The summed E-state index contributed by atoms with van der Waals surface area (Å²) in [7, 11) is 1.66. The first-order chi connectivity index (χ1) is 9.11. The van der Waals surface area contributed by atoms with Gasteiger partial charge >= 0.3 is 0 Å². The minimum atomic E-state index is 0.473. The number of imidazole rings is 1. The van der Waals surface area contributed by atoms with Crippen LogP contribution < -0.4 is 16.3 Å². The number of anilines is 1. The van der Waals surface area contributed by atoms with Crippen LogP contribution in [0.2, 0.25) is 0 Å². The molecule has 5 heteroatoms. The van der Waals surface area contributed by atoms with E-state index in [1.165, 1.54) is 4.68 Å². The number of aryl methyl sites for hydroxylation is 1. The van der Waals surface area contributed by atoms with Crippen LogP contribution in [0.25, 0.3) is 11.3 Å². The van der Waals surface area contributed by atoms with Crippen LogP contribution in [0, 0.1) is 6.92 Å². The number of hydrogen-bond donors (Lipinski definition) is 2. The van der Waals surface area contributed by atoms with Crippen LogP contribution in [0.3, 0.4) is 0 Å². The van der Waals surface area contributed by atoms with Crippen molar-refractivity contribution in [2.24, 2.45) is 0 Å². The van der Waals surface area contributed by atoms with Crippen LogP contribution in [-0.2, 0) is 0 Å². The first-order valence-electron chi connectivity index (χ1n) is 6.40. The summed E-state index contributed by atoms with van der Waals surface area (Å²) in [5.74, 6) is 8.72. The van der Waals surface area contributed by atoms with E-state index < -0.39 is 0 Å². The van der Waals surface area contributed by atoms with Crippen molar-refractivity contribution in [3.8, 4) is 17.0 Å². The Morgan fingerprint density at radius 2 is 2.11 bits per heavy atom. The molecule has 1 aromatic carbocycles. The lowest BCUT2D eigenvalue weighted by Gasteiger charge is -2.06. The standard InChI is InChI=1S/C14H18N4O/c1-8-7-10(5-6-11(8)19-2)12-13(15)18(16)14(17-12)9-3-4-9/h5-7,9H,3-4,15-16H2,1-2H3. The summed E-state index contributed by atoms with van der Waals surface area (Å²) in [5, 5.41) is 0. The molecule has 0 aliphatic heterocycles. The smallest absolute Gasteiger partial charge is 0.150 e. The fourth-order valence-corrected chi connectivity index (χ4v) is 2.33. The molecule has 1 aliphatic carbocycles. The highest BCUT2D eigenvalue weighted by Gasteiger charge is 2.30. The van der Waals surface area contributed by atoms with Gasteiger partial charge in [0.2, 0.25) is 0 Å². The summed E-state index contributed by atoms with van der Waals surface area (Å²) in [5.41, 5.74) is 8.85. The first-order valence-corrected chi connectivity index (χ1v) is 6.40. The molecule has 2 aromatic rings. The highest BCUT2D eigenvalue weighted by atomic mass is 16.5. The molecule has 0 bridgehead atoms. The van der Waals surface area contributed by atoms with E-state index in [0.29, 0.717) is 11.7 Å². The second-order valence-corrected chi connectivity index (χ2v) is 5.03. The van der Waals surface area contributed by atoms with E-state index in [9.17, 15) is 0 Å². The molecular formula is C14H18N4O. The Hall–Kier alpha value is -2.17. The molecule has 0 amide bonds. The van der Waals surface area contributed by atoms with Crippen LogP contribution in [0.5, 0.6) is 5.75 Å². The third-order valence-electron chi connectivity index (χ3n) is 3.59. The molecule has 4 N–H and O–H groups in total. The second-order valence-electron chi connectivity index (χ2n) is 5.03. The predicted octanol–water partition coefficient (Wildman–Crippen LogP) is 2.04. The molecule has 100 valence electrons. The molecule has 0 saturated heterocycles. The van der Waals surface area contributed by atoms with E-state index in [1.54, 1.807) is 7.11 Å². The zero-order chi connectivity index (χ0) is 13.6. The van der Waals surface area contributed by atoms with Crippen LogP contribution in [0.15, 0.2) is 18.2 Å². The Bertz CT molecular complexity index is 629. The normalized spacial score (nSPS) is 14.6. The van der Waals surface area contributed by atoms with Crippen molar-refractivity contribution in [3.63, 3.8) is 0 Å². The number of nitrogens with two attached hydrogens (primary N) is 2. The van der Waals surface area contributed by atoms with Gasteiger partial charge in [0.1, 0.15) is 17.3 Å². The van der Waals surface area contributed by atoms with Crippen molar-refractivity contribution in [1.82, 2.24) is 9.66 Å². The van der Waals surface area contributed by atoms with E-state index in [-0.39, 0.29) is 0 Å². The average molecular weight is 258 g/mol. The minimum Gasteiger partial charge on any atom is -0.496 e. The van der Waals surface area contributed by atoms with Gasteiger partial charge in [0.05, 0.1) is 7.11 Å². The number of benzene rings is 1. The van der Waals surface area contributed by atoms with Crippen molar-refractivity contribution in [2.75, 3.05) is 18.7 Å². The Labute approximate surface area is 112 Å². The van der Waals surface area contributed by atoms with Gasteiger partial charge in [0.25, 0.3) is 0 Å². The highest BCUT2D eigenvalue weighted by molar-refractivity contribution is 5.72. The molecule has 1 saturated carbocycles. The minimum absolute atomic E-state index is 0.473. The third kappa shape index (κ3) is 1.91. The topological polar surface area (TPSA) is 79.1 Å². The van der Waals surface area contributed by atoms with E-state index >= 15 is 0 Å². The number of nitrogens with zero attached hydrogens (tertiary/aromatic N) is 2. The molecule has 3 rings (SSSR count). The number of ether oxygens (including phenoxy) is 1. The lowest BCUT2D eigenvalue weighted by atomic mass is 10.1. The molecule has 0 radical (unpaired) electrons. The molecule has 1 heterocycles. The molecule has 5 nitrogen and oxygen atoms in total. The average Bonchev–Trinajstić information content (AvgIpc) is 3.19. The number of rotatable bonds is 3. The van der Waals surface area contributed by atoms with Crippen LogP contribution >= 0.6 is 0 Å². The lowest BCUT2D eigenvalue weighted by molar-refractivity contribution is 0.412. The fourth-order valence-electron chi connectivity index (χ4n) is 2.33. The second kappa shape index (κ2) is 4.19. The van der Waals surface area contributed by atoms with E-state index in [0.717, 1.165) is 41.2 Å². The lowest BCUT2D eigenvalue weighted by Crippen LogP contribution is -2.14. The van der Waals surface area contributed by atoms with Crippen molar-refractivity contribution < 1.29 is 4.74 Å². The molecule has 0 atom stereocenters. The van der Waals surface area contributed by atoms with E-state index in [4.69, 9.17) is 16.3 Å². The quantitative estimate of drug-likeness (QED) is 0.826. The number of nitrogen functional groups attached to an aromatic ring is 2. The molecule has 0 spiro atoms. The van der Waals surface area contributed by atoms with Gasteiger partial charge in [-0.05, 0) is 43.5 Å². The molecule has 1 fully saturated rings. The first kappa shape index (κ1) is 11.9. The molecular weight excluding hydrogens is 240 g/mol. The van der Waals surface area contributed by atoms with Gasteiger partial charge < -0.3 is 16.3 Å². The monoisotopic (exact) mass is 258 g/mol. The molecule has 0 unspecified atom stereocenters. The predicted molar refractivity (Wildman–Crippen MR) is 75.5 cm³/mol. The summed E-state index contributed by atoms with van der Waals surface area (Å²) in [6, 6.07) is 5.91. The number of aromatic nitrogens is 2. The van der Waals surface area contributed by atoms with Crippen LogP contribution in [0.4, 0.5) is 5.82 Å². The maximum Gasteiger partial charge on any atom is 0.150 e. The van der Waals surface area contributed by atoms with Crippen LogP contribution in [-0.4, -0.2) is 16.8 Å². The fraction of sp³-hybridized carbons (Fsp3) is 0.357. The van der Waals surface area contributed by atoms with Crippen molar-refractivity contribution in [1.29, 1.82) is 0 Å². The Morgan fingerprint density at radius 1 is 1.37 bits per heavy atom. The zero-order valence-corrected chi connectivity index (χ0v) is 11.2. The maximum atomic E-state index is 6.07. The van der Waals surface area contributed by atoms with Gasteiger partial charge in [-0.25, -0.2) is 9.66 Å². The summed E-state index contributed by atoms with van der Waals surface area (Å²) >= 11 is 0. The Morgan fingerprint density at radius 3 is 2.68 bits per heavy atom. The largest absolute Gasteiger partial charge is 0.496 e. The van der Waals surface area contributed by atoms with Crippen molar-refractivity contribution >= 4 is 5.82 Å². The van der Waals surface area contributed by atoms with Gasteiger partial charge in [0, 0.05) is 11.5 Å². The molecule has 1 aromatic heterocycles. The van der Waals surface area contributed by atoms with Gasteiger partial charge in [-0.1, -0.05) is 0 Å². The van der Waals surface area contributed by atoms with Crippen molar-refractivity contribution in [2.45, 2.75) is 25.7 Å². The summed E-state index contributed by atoms with van der Waals surface area (Å²) < 4.78 is 6.78. The van der Waals surface area contributed by atoms with E-state index in [1.807, 2.05) is 25.1 Å². The number of hydrogen-bond acceptors (Lipinski definition) is 4. The zero-order valence-electron chi connectivity index (χ0n) is 11.2. The van der Waals surface area contributed by atoms with Gasteiger partial charge in [-0.2, -0.15) is 0 Å². The van der Waals surface area contributed by atoms with Gasteiger partial charge in [0.15, 0.2) is 5.82 Å². The summed E-state index contributed by atoms with van der Waals surface area (Å²) in [6.07, 6.45) is 2.30. The Balaban J connectivity index is 2.06.